The molecule has 2 N–H and O–H groups in total. The smallest absolute Gasteiger partial charge is 0.293 e. The zero-order chi connectivity index (χ0) is 19.4. The highest BCUT2D eigenvalue weighted by Crippen LogP contribution is 2.33. The molecule has 1 aliphatic rings. The number of halogens is 1. The molecule has 0 spiro atoms. The minimum absolute atomic E-state index is 0.200. The zero-order valence-corrected chi connectivity index (χ0v) is 16.5. The van der Waals surface area contributed by atoms with E-state index in [4.69, 9.17) is 10.5 Å². The quantitative estimate of drug-likeness (QED) is 0.685. The molecular formula is C19H15BrN2O4S. The monoisotopic (exact) mass is 446 g/mol. The van der Waals surface area contributed by atoms with Gasteiger partial charge in [0, 0.05) is 4.47 Å². The molecule has 138 valence electrons. The zero-order valence-electron chi connectivity index (χ0n) is 14.1. The van der Waals surface area contributed by atoms with E-state index in [1.807, 2.05) is 24.3 Å². The van der Waals surface area contributed by atoms with Gasteiger partial charge >= 0.3 is 0 Å². The number of ether oxygens (including phenoxy) is 1. The maximum atomic E-state index is 12.6. The molecule has 1 aliphatic heterocycles. The van der Waals surface area contributed by atoms with Gasteiger partial charge in [-0.15, -0.1) is 0 Å². The number of carbonyl (C=O) groups excluding carboxylic acids is 3. The summed E-state index contributed by atoms with van der Waals surface area (Å²) < 4.78 is 6.12. The Hall–Kier alpha value is -2.58. The number of primary amides is 1. The largest absolute Gasteiger partial charge is 0.484 e. The van der Waals surface area contributed by atoms with Crippen LogP contribution in [0.3, 0.4) is 0 Å². The Kier molecular flexibility index (Phi) is 5.98. The van der Waals surface area contributed by atoms with Crippen LogP contribution in [0.25, 0.3) is 6.08 Å². The van der Waals surface area contributed by atoms with Gasteiger partial charge in [0.15, 0.2) is 6.61 Å². The van der Waals surface area contributed by atoms with E-state index in [2.05, 4.69) is 15.9 Å². The summed E-state index contributed by atoms with van der Waals surface area (Å²) in [7, 11) is 0. The van der Waals surface area contributed by atoms with Crippen molar-refractivity contribution in [2.75, 3.05) is 6.61 Å². The van der Waals surface area contributed by atoms with E-state index >= 15 is 0 Å². The van der Waals surface area contributed by atoms with Gasteiger partial charge in [-0.2, -0.15) is 0 Å². The van der Waals surface area contributed by atoms with Crippen LogP contribution < -0.4 is 10.5 Å². The second-order valence-electron chi connectivity index (χ2n) is 5.72. The first-order valence-corrected chi connectivity index (χ1v) is 9.54. The van der Waals surface area contributed by atoms with E-state index in [0.29, 0.717) is 10.7 Å². The second kappa shape index (κ2) is 8.41. The van der Waals surface area contributed by atoms with Crippen molar-refractivity contribution in [2.24, 2.45) is 5.73 Å². The van der Waals surface area contributed by atoms with Crippen molar-refractivity contribution in [1.29, 1.82) is 0 Å². The number of nitrogens with zero attached hydrogens (tertiary/aromatic N) is 1. The average molecular weight is 447 g/mol. The predicted molar refractivity (Wildman–Crippen MR) is 107 cm³/mol. The van der Waals surface area contributed by atoms with Gasteiger partial charge in [-0.05, 0) is 53.2 Å². The minimum atomic E-state index is -0.557. The third kappa shape index (κ3) is 4.99. The number of benzene rings is 2. The standard InChI is InChI=1S/C19H15BrN2O4S/c20-14-5-1-13(2-6-14)10-22-18(24)16(27-19(22)25)9-12-3-7-15(8-4-12)26-11-17(21)23/h1-9H,10-11H2,(H2,21,23)/b16-9+. The number of amides is 3. The van der Waals surface area contributed by atoms with E-state index in [1.165, 1.54) is 4.90 Å². The third-order valence-electron chi connectivity index (χ3n) is 3.69. The summed E-state index contributed by atoms with van der Waals surface area (Å²) in [5, 5.41) is -0.296. The summed E-state index contributed by atoms with van der Waals surface area (Å²) in [6.07, 6.45) is 1.66. The molecule has 27 heavy (non-hydrogen) atoms. The average Bonchev–Trinajstić information content (AvgIpc) is 2.90. The van der Waals surface area contributed by atoms with Crippen LogP contribution in [0.5, 0.6) is 5.75 Å². The maximum Gasteiger partial charge on any atom is 0.293 e. The van der Waals surface area contributed by atoms with Crippen LogP contribution in [0.15, 0.2) is 57.9 Å². The summed E-state index contributed by atoms with van der Waals surface area (Å²) in [5.74, 6) is -0.380. The normalized spacial score (nSPS) is 15.4. The van der Waals surface area contributed by atoms with Crippen LogP contribution in [-0.4, -0.2) is 28.6 Å². The number of hydrogen-bond donors (Lipinski definition) is 1. The Labute approximate surface area is 168 Å². The van der Waals surface area contributed by atoms with E-state index in [0.717, 1.165) is 27.4 Å². The highest BCUT2D eigenvalue weighted by molar-refractivity contribution is 9.10. The Morgan fingerprint density at radius 2 is 1.78 bits per heavy atom. The molecule has 0 atom stereocenters. The van der Waals surface area contributed by atoms with Crippen molar-refractivity contribution in [1.82, 2.24) is 4.90 Å². The van der Waals surface area contributed by atoms with Crippen LogP contribution in [-0.2, 0) is 16.1 Å². The molecule has 1 fully saturated rings. The van der Waals surface area contributed by atoms with Crippen molar-refractivity contribution >= 4 is 50.8 Å². The first-order chi connectivity index (χ1) is 12.9. The number of hydrogen-bond acceptors (Lipinski definition) is 5. The van der Waals surface area contributed by atoms with Crippen molar-refractivity contribution in [3.63, 3.8) is 0 Å². The molecule has 0 aliphatic carbocycles. The fourth-order valence-electron chi connectivity index (χ4n) is 2.37. The Balaban J connectivity index is 1.70. The number of rotatable bonds is 6. The fraction of sp³-hybridized carbons (Fsp3) is 0.105. The molecule has 0 unspecified atom stereocenters. The molecule has 8 heteroatoms. The molecule has 6 nitrogen and oxygen atoms in total. The second-order valence-corrected chi connectivity index (χ2v) is 7.63. The number of carbonyl (C=O) groups is 3. The summed E-state index contributed by atoms with van der Waals surface area (Å²) in [5.41, 5.74) is 6.65. The first kappa shape index (κ1) is 19.2. The molecule has 1 saturated heterocycles. The van der Waals surface area contributed by atoms with Crippen LogP contribution in [0.4, 0.5) is 4.79 Å². The molecule has 3 rings (SSSR count). The number of thioether (sulfide) groups is 1. The molecule has 0 bridgehead atoms. The molecule has 3 amide bonds. The third-order valence-corrected chi connectivity index (χ3v) is 5.12. The molecule has 2 aromatic rings. The lowest BCUT2D eigenvalue weighted by atomic mass is 10.2. The SMILES string of the molecule is NC(=O)COc1ccc(/C=C2/SC(=O)N(Cc3ccc(Br)cc3)C2=O)cc1. The Morgan fingerprint density at radius 3 is 2.41 bits per heavy atom. The lowest BCUT2D eigenvalue weighted by Crippen LogP contribution is -2.27. The van der Waals surface area contributed by atoms with Gasteiger partial charge in [0.2, 0.25) is 0 Å². The van der Waals surface area contributed by atoms with Gasteiger partial charge in [0.25, 0.3) is 17.1 Å². The molecule has 0 saturated carbocycles. The highest BCUT2D eigenvalue weighted by Gasteiger charge is 2.34. The van der Waals surface area contributed by atoms with Crippen molar-refractivity contribution in [3.05, 3.63) is 69.0 Å². The van der Waals surface area contributed by atoms with Gasteiger partial charge in [-0.1, -0.05) is 40.2 Å². The molecule has 2 aromatic carbocycles. The van der Waals surface area contributed by atoms with Crippen LogP contribution in [0, 0.1) is 0 Å². The number of imide groups is 1. The first-order valence-electron chi connectivity index (χ1n) is 7.93. The van der Waals surface area contributed by atoms with Crippen LogP contribution in [0.1, 0.15) is 11.1 Å². The fourth-order valence-corrected chi connectivity index (χ4v) is 3.48. The van der Waals surface area contributed by atoms with Gasteiger partial charge in [0.05, 0.1) is 11.4 Å². The van der Waals surface area contributed by atoms with Crippen molar-refractivity contribution in [2.45, 2.75) is 6.54 Å². The van der Waals surface area contributed by atoms with E-state index in [9.17, 15) is 14.4 Å². The predicted octanol–water partition coefficient (Wildman–Crippen LogP) is 3.55. The van der Waals surface area contributed by atoms with Gasteiger partial charge in [-0.25, -0.2) is 0 Å². The highest BCUT2D eigenvalue weighted by atomic mass is 79.9. The molecular weight excluding hydrogens is 432 g/mol. The summed E-state index contributed by atoms with van der Waals surface area (Å²) >= 11 is 4.27. The summed E-state index contributed by atoms with van der Waals surface area (Å²) in [4.78, 5) is 37.1. The van der Waals surface area contributed by atoms with Gasteiger partial charge in [-0.3, -0.25) is 19.3 Å². The molecule has 1 heterocycles. The topological polar surface area (TPSA) is 89.7 Å². The maximum absolute atomic E-state index is 12.6. The molecule has 0 aromatic heterocycles. The minimum Gasteiger partial charge on any atom is -0.484 e. The Bertz CT molecular complexity index is 910. The van der Waals surface area contributed by atoms with Crippen LogP contribution in [0.2, 0.25) is 0 Å². The lowest BCUT2D eigenvalue weighted by molar-refractivity contribution is -0.123. The summed E-state index contributed by atoms with van der Waals surface area (Å²) in [6.45, 7) is 0.0312. The Morgan fingerprint density at radius 1 is 1.11 bits per heavy atom. The van der Waals surface area contributed by atoms with Crippen molar-refractivity contribution in [3.8, 4) is 5.75 Å². The lowest BCUT2D eigenvalue weighted by Gasteiger charge is -2.12. The van der Waals surface area contributed by atoms with Gasteiger partial charge < -0.3 is 10.5 Å². The van der Waals surface area contributed by atoms with Crippen LogP contribution >= 0.6 is 27.7 Å². The van der Waals surface area contributed by atoms with E-state index in [1.54, 1.807) is 30.3 Å². The summed E-state index contributed by atoms with van der Waals surface area (Å²) in [6, 6.07) is 14.3. The van der Waals surface area contributed by atoms with E-state index < -0.39 is 5.91 Å². The van der Waals surface area contributed by atoms with Crippen molar-refractivity contribution < 1.29 is 19.1 Å². The number of nitrogens with two attached hydrogens (primary N) is 1. The van der Waals surface area contributed by atoms with E-state index in [-0.39, 0.29) is 24.3 Å². The van der Waals surface area contributed by atoms with Gasteiger partial charge in [0.1, 0.15) is 5.75 Å². The molecule has 0 radical (unpaired) electrons.